The van der Waals surface area contributed by atoms with Crippen molar-refractivity contribution < 1.29 is 24.2 Å². The molecule has 3 N–H and O–H groups in total. The second-order valence-electron chi connectivity index (χ2n) is 6.40. The summed E-state index contributed by atoms with van der Waals surface area (Å²) in [6.45, 7) is 7.58. The summed E-state index contributed by atoms with van der Waals surface area (Å²) in [6.07, 6.45) is 2.81. The van der Waals surface area contributed by atoms with E-state index in [4.69, 9.17) is 4.74 Å². The van der Waals surface area contributed by atoms with E-state index in [0.29, 0.717) is 12.3 Å². The molecule has 0 aromatic carbocycles. The molecule has 1 aliphatic heterocycles. The van der Waals surface area contributed by atoms with Crippen LogP contribution in [0.3, 0.4) is 0 Å². The lowest BCUT2D eigenvalue weighted by atomic mass is 9.86. The van der Waals surface area contributed by atoms with Crippen molar-refractivity contribution in [1.29, 1.82) is 0 Å². The van der Waals surface area contributed by atoms with E-state index >= 15 is 0 Å². The molecule has 0 aromatic heterocycles. The van der Waals surface area contributed by atoms with Crippen LogP contribution in [0.2, 0.25) is 0 Å². The molecule has 0 saturated carbocycles. The van der Waals surface area contributed by atoms with Crippen molar-refractivity contribution in [2.24, 2.45) is 11.8 Å². The van der Waals surface area contributed by atoms with Gasteiger partial charge in [0.25, 0.3) is 0 Å². The number of amides is 1. The van der Waals surface area contributed by atoms with Gasteiger partial charge in [0, 0.05) is 19.0 Å². The molecule has 0 radical (unpaired) electrons. The maximum atomic E-state index is 12.3. The minimum atomic E-state index is -0.990. The van der Waals surface area contributed by atoms with Crippen LogP contribution < -0.4 is 10.6 Å². The molecule has 1 aliphatic rings. The van der Waals surface area contributed by atoms with E-state index in [9.17, 15) is 19.5 Å². The number of carbonyl (C=O) groups is 3. The second kappa shape index (κ2) is 11.3. The molecule has 0 aliphatic carbocycles. The van der Waals surface area contributed by atoms with Gasteiger partial charge in [-0.3, -0.25) is 19.7 Å². The van der Waals surface area contributed by atoms with Crippen LogP contribution in [-0.4, -0.2) is 47.7 Å². The van der Waals surface area contributed by atoms with E-state index in [1.165, 1.54) is 6.92 Å². The summed E-state index contributed by atoms with van der Waals surface area (Å²) in [5.74, 6) is -1.75. The molecule has 1 rings (SSSR count). The number of carbonyl (C=O) groups excluding carboxylic acids is 2. The van der Waals surface area contributed by atoms with Gasteiger partial charge in [-0.15, -0.1) is 12.4 Å². The van der Waals surface area contributed by atoms with Crippen LogP contribution >= 0.6 is 12.4 Å². The average Bonchev–Trinajstić information content (AvgIpc) is 2.96. The number of halogens is 1. The molecule has 1 amide bonds. The highest BCUT2D eigenvalue weighted by Gasteiger charge is 2.46. The molecule has 1 heterocycles. The molecule has 0 spiro atoms. The molecule has 0 unspecified atom stereocenters. The minimum absolute atomic E-state index is 0. The molecular weight excluding hydrogens is 348 g/mol. The summed E-state index contributed by atoms with van der Waals surface area (Å²) in [6, 6.07) is -1.54. The first kappa shape index (κ1) is 23.7. The Hall–Kier alpha value is -1.34. The van der Waals surface area contributed by atoms with Crippen LogP contribution in [0.25, 0.3) is 0 Å². The minimum Gasteiger partial charge on any atom is -0.480 e. The molecular formula is C17H31ClN2O5. The third-order valence-electron chi connectivity index (χ3n) is 4.77. The highest BCUT2D eigenvalue weighted by atomic mass is 35.5. The Morgan fingerprint density at radius 2 is 1.84 bits per heavy atom. The van der Waals surface area contributed by atoms with Gasteiger partial charge in [-0.2, -0.15) is 0 Å². The van der Waals surface area contributed by atoms with Gasteiger partial charge in [-0.1, -0.05) is 26.7 Å². The van der Waals surface area contributed by atoms with Gasteiger partial charge in [0.2, 0.25) is 5.91 Å². The maximum absolute atomic E-state index is 12.3. The van der Waals surface area contributed by atoms with Gasteiger partial charge in [0.15, 0.2) is 0 Å². The Morgan fingerprint density at radius 1 is 1.24 bits per heavy atom. The van der Waals surface area contributed by atoms with Crippen LogP contribution in [0.15, 0.2) is 0 Å². The largest absolute Gasteiger partial charge is 0.480 e. The smallest absolute Gasteiger partial charge is 0.320 e. The third kappa shape index (κ3) is 6.82. The summed E-state index contributed by atoms with van der Waals surface area (Å²) in [7, 11) is 0. The summed E-state index contributed by atoms with van der Waals surface area (Å²) >= 11 is 0. The highest BCUT2D eigenvalue weighted by molar-refractivity contribution is 5.85. The van der Waals surface area contributed by atoms with Crippen molar-refractivity contribution in [3.8, 4) is 0 Å². The molecule has 0 bridgehead atoms. The lowest BCUT2D eigenvalue weighted by Gasteiger charge is -2.31. The predicted octanol–water partition coefficient (Wildman–Crippen LogP) is 1.73. The van der Waals surface area contributed by atoms with Crippen LogP contribution in [0, 0.1) is 11.8 Å². The average molecular weight is 379 g/mol. The number of aliphatic carboxylic acids is 1. The SMILES string of the molecule is CCOC(=O)[C@@H]1C[C@H](C(=O)O)N[C@H]1[C@H](CC(CC)CC)NC(C)=O.Cl. The fourth-order valence-electron chi connectivity index (χ4n) is 3.42. The second-order valence-corrected chi connectivity index (χ2v) is 6.40. The first-order valence-electron chi connectivity index (χ1n) is 8.76. The molecule has 8 heteroatoms. The number of ether oxygens (including phenoxy) is 1. The van der Waals surface area contributed by atoms with Gasteiger partial charge >= 0.3 is 11.9 Å². The van der Waals surface area contributed by atoms with Crippen molar-refractivity contribution in [2.45, 2.75) is 71.5 Å². The van der Waals surface area contributed by atoms with Gasteiger partial charge in [-0.25, -0.2) is 0 Å². The van der Waals surface area contributed by atoms with E-state index in [1.54, 1.807) is 6.92 Å². The molecule has 4 atom stereocenters. The number of carboxylic acids is 1. The van der Waals surface area contributed by atoms with Crippen molar-refractivity contribution >= 4 is 30.3 Å². The lowest BCUT2D eigenvalue weighted by molar-refractivity contribution is -0.148. The van der Waals surface area contributed by atoms with Gasteiger partial charge < -0.3 is 15.2 Å². The van der Waals surface area contributed by atoms with Gasteiger partial charge in [-0.05, 0) is 25.7 Å². The van der Waals surface area contributed by atoms with Crippen molar-refractivity contribution in [3.63, 3.8) is 0 Å². The molecule has 146 valence electrons. The molecule has 1 saturated heterocycles. The van der Waals surface area contributed by atoms with Gasteiger partial charge in [0.05, 0.1) is 12.5 Å². The summed E-state index contributed by atoms with van der Waals surface area (Å²) < 4.78 is 5.11. The number of esters is 1. The number of carboxylic acid groups (broad SMARTS) is 1. The Morgan fingerprint density at radius 3 is 2.28 bits per heavy atom. The summed E-state index contributed by atoms with van der Waals surface area (Å²) in [5, 5.41) is 15.2. The lowest BCUT2D eigenvalue weighted by Crippen LogP contribution is -2.53. The van der Waals surface area contributed by atoms with E-state index in [2.05, 4.69) is 24.5 Å². The first-order valence-corrected chi connectivity index (χ1v) is 8.76. The Labute approximate surface area is 155 Å². The Balaban J connectivity index is 0.00000576. The third-order valence-corrected chi connectivity index (χ3v) is 4.77. The van der Waals surface area contributed by atoms with Crippen LogP contribution in [0.5, 0.6) is 0 Å². The van der Waals surface area contributed by atoms with E-state index < -0.39 is 29.9 Å². The van der Waals surface area contributed by atoms with Crippen molar-refractivity contribution in [1.82, 2.24) is 10.6 Å². The van der Waals surface area contributed by atoms with E-state index in [-0.39, 0.29) is 37.4 Å². The normalized spacial score (nSPS) is 23.6. The molecule has 7 nitrogen and oxygen atoms in total. The zero-order chi connectivity index (χ0) is 18.3. The summed E-state index contributed by atoms with van der Waals surface area (Å²) in [4.78, 5) is 35.2. The fraction of sp³-hybridized carbons (Fsp3) is 0.824. The Bertz CT molecular complexity index is 456. The number of nitrogens with one attached hydrogen (secondary N) is 2. The number of hydrogen-bond donors (Lipinski definition) is 3. The standard InChI is InChI=1S/C17H30N2O5.ClH/c1-5-11(6-2)8-13(18-10(4)20)15-12(17(23)24-7-3)9-14(19-15)16(21)22;/h11-15,19H,5-9H2,1-4H3,(H,18,20)(H,21,22);1H/t12-,13+,14-,15-;/m1./s1. The van der Waals surface area contributed by atoms with Crippen LogP contribution in [0.4, 0.5) is 0 Å². The zero-order valence-electron chi connectivity index (χ0n) is 15.4. The molecule has 1 fully saturated rings. The first-order chi connectivity index (χ1) is 11.3. The predicted molar refractivity (Wildman–Crippen MR) is 96.6 cm³/mol. The maximum Gasteiger partial charge on any atom is 0.320 e. The van der Waals surface area contributed by atoms with E-state index in [1.807, 2.05) is 0 Å². The molecule has 25 heavy (non-hydrogen) atoms. The van der Waals surface area contributed by atoms with E-state index in [0.717, 1.165) is 12.8 Å². The van der Waals surface area contributed by atoms with Crippen molar-refractivity contribution in [2.75, 3.05) is 6.61 Å². The van der Waals surface area contributed by atoms with Crippen LogP contribution in [0.1, 0.15) is 53.4 Å². The van der Waals surface area contributed by atoms with Crippen LogP contribution in [-0.2, 0) is 19.1 Å². The number of hydrogen-bond acceptors (Lipinski definition) is 5. The number of rotatable bonds is 9. The molecule has 0 aromatic rings. The van der Waals surface area contributed by atoms with Gasteiger partial charge in [0.1, 0.15) is 6.04 Å². The Kier molecular flexibility index (Phi) is 10.7. The van der Waals surface area contributed by atoms with Crippen molar-refractivity contribution in [3.05, 3.63) is 0 Å². The summed E-state index contributed by atoms with van der Waals surface area (Å²) in [5.41, 5.74) is 0. The topological polar surface area (TPSA) is 105 Å². The monoisotopic (exact) mass is 378 g/mol. The quantitative estimate of drug-likeness (QED) is 0.528. The highest BCUT2D eigenvalue weighted by Crippen LogP contribution is 2.28. The zero-order valence-corrected chi connectivity index (χ0v) is 16.2. The fourth-order valence-corrected chi connectivity index (χ4v) is 3.42.